The summed E-state index contributed by atoms with van der Waals surface area (Å²) in [5, 5.41) is 3.82. The molecule has 1 aliphatic carbocycles. The van der Waals surface area contributed by atoms with Gasteiger partial charge in [-0.05, 0) is 36.6 Å². The van der Waals surface area contributed by atoms with Crippen molar-refractivity contribution in [1.82, 2.24) is 0 Å². The molecule has 0 N–H and O–H groups in total. The molecule has 0 saturated heterocycles. The molecule has 18 heavy (non-hydrogen) atoms. The minimum atomic E-state index is -0.773. The van der Waals surface area contributed by atoms with Gasteiger partial charge in [0.1, 0.15) is 0 Å². The van der Waals surface area contributed by atoms with Gasteiger partial charge in [-0.2, -0.15) is 0 Å². The van der Waals surface area contributed by atoms with Crippen LogP contribution in [0.1, 0.15) is 18.9 Å². The first kappa shape index (κ1) is 12.9. The summed E-state index contributed by atoms with van der Waals surface area (Å²) < 4.78 is 5.88. The molecule has 2 rings (SSSR count). The number of hydrogen-bond donors (Lipinski definition) is 0. The molecule has 1 aromatic rings. The molecular formula is C12H12BrN3O2. The van der Waals surface area contributed by atoms with Gasteiger partial charge in [-0.25, -0.2) is 0 Å². The molecule has 1 aliphatic rings. The lowest BCUT2D eigenvalue weighted by molar-refractivity contribution is -0.145. The van der Waals surface area contributed by atoms with Crippen molar-refractivity contribution >= 4 is 21.9 Å². The van der Waals surface area contributed by atoms with Crippen molar-refractivity contribution in [3.05, 3.63) is 44.7 Å². The molecule has 0 spiro atoms. The molecule has 0 bridgehead atoms. The molecule has 0 aromatic heterocycles. The fourth-order valence-corrected chi connectivity index (χ4v) is 2.50. The van der Waals surface area contributed by atoms with Crippen molar-refractivity contribution in [3.63, 3.8) is 0 Å². The van der Waals surface area contributed by atoms with E-state index in [4.69, 9.17) is 10.3 Å². The molecule has 2 unspecified atom stereocenters. The summed E-state index contributed by atoms with van der Waals surface area (Å²) in [6.07, 6.45) is 0.506. The van der Waals surface area contributed by atoms with E-state index in [-0.39, 0.29) is 11.9 Å². The summed E-state index contributed by atoms with van der Waals surface area (Å²) in [6, 6.07) is 7.47. The van der Waals surface area contributed by atoms with Crippen LogP contribution < -0.4 is 0 Å². The minimum Gasteiger partial charge on any atom is -0.466 e. The number of rotatable bonds is 4. The first-order valence-corrected chi connectivity index (χ1v) is 6.42. The summed E-state index contributed by atoms with van der Waals surface area (Å²) in [7, 11) is 0. The lowest BCUT2D eigenvalue weighted by atomic mass is 10.0. The van der Waals surface area contributed by atoms with Crippen molar-refractivity contribution in [2.45, 2.75) is 18.9 Å². The van der Waals surface area contributed by atoms with E-state index in [0.29, 0.717) is 13.0 Å². The normalized spacial score (nSPS) is 25.1. The lowest BCUT2D eigenvalue weighted by Crippen LogP contribution is -2.15. The van der Waals surface area contributed by atoms with Gasteiger partial charge in [0.05, 0.1) is 18.1 Å². The van der Waals surface area contributed by atoms with Gasteiger partial charge < -0.3 is 4.74 Å². The average molecular weight is 310 g/mol. The van der Waals surface area contributed by atoms with E-state index in [1.54, 1.807) is 6.92 Å². The van der Waals surface area contributed by atoms with Gasteiger partial charge in [0.25, 0.3) is 0 Å². The summed E-state index contributed by atoms with van der Waals surface area (Å²) >= 11 is 3.37. The molecule has 0 aliphatic heterocycles. The highest BCUT2D eigenvalue weighted by Gasteiger charge is 2.60. The second kappa shape index (κ2) is 5.00. The molecule has 0 amide bonds. The third kappa shape index (κ3) is 2.21. The summed E-state index contributed by atoms with van der Waals surface area (Å²) in [4.78, 5) is 14.6. The second-order valence-electron chi connectivity index (χ2n) is 4.13. The van der Waals surface area contributed by atoms with Gasteiger partial charge in [0, 0.05) is 9.38 Å². The molecular weight excluding hydrogens is 298 g/mol. The fraction of sp³-hybridized carbons (Fsp3) is 0.417. The van der Waals surface area contributed by atoms with E-state index in [1.165, 1.54) is 0 Å². The fourth-order valence-electron chi connectivity index (χ4n) is 2.10. The van der Waals surface area contributed by atoms with Gasteiger partial charge in [0.15, 0.2) is 0 Å². The van der Waals surface area contributed by atoms with Crippen molar-refractivity contribution in [2.75, 3.05) is 6.61 Å². The van der Waals surface area contributed by atoms with Crippen LogP contribution in [0.5, 0.6) is 0 Å². The van der Waals surface area contributed by atoms with Crippen LogP contribution in [0.15, 0.2) is 33.9 Å². The van der Waals surface area contributed by atoms with Gasteiger partial charge in [0.2, 0.25) is 0 Å². The predicted molar refractivity (Wildman–Crippen MR) is 69.7 cm³/mol. The van der Waals surface area contributed by atoms with Gasteiger partial charge in [-0.15, -0.1) is 0 Å². The summed E-state index contributed by atoms with van der Waals surface area (Å²) in [6.45, 7) is 2.09. The maximum atomic E-state index is 11.7. The van der Waals surface area contributed by atoms with E-state index in [1.807, 2.05) is 24.3 Å². The first-order valence-electron chi connectivity index (χ1n) is 5.63. The number of halogens is 1. The molecule has 94 valence electrons. The van der Waals surface area contributed by atoms with Crippen molar-refractivity contribution in [2.24, 2.45) is 11.0 Å². The van der Waals surface area contributed by atoms with Crippen LogP contribution in [0.4, 0.5) is 0 Å². The van der Waals surface area contributed by atoms with Crippen LogP contribution >= 0.6 is 15.9 Å². The molecule has 0 radical (unpaired) electrons. The van der Waals surface area contributed by atoms with Crippen LogP contribution in [-0.2, 0) is 15.1 Å². The molecule has 1 saturated carbocycles. The zero-order chi connectivity index (χ0) is 13.2. The zero-order valence-corrected chi connectivity index (χ0v) is 11.4. The maximum Gasteiger partial charge on any atom is 0.309 e. The standard InChI is InChI=1S/C12H12BrN3O2/c1-2-18-11(17)10-7-12(10,15-16-14)8-4-3-5-9(13)6-8/h3-6,10H,2,7H2,1H3. The smallest absolute Gasteiger partial charge is 0.309 e. The Kier molecular flexibility index (Phi) is 3.59. The molecule has 1 aromatic carbocycles. The molecule has 1 fully saturated rings. The minimum absolute atomic E-state index is 0.301. The highest BCUT2D eigenvalue weighted by molar-refractivity contribution is 9.10. The molecule has 5 nitrogen and oxygen atoms in total. The highest BCUT2D eigenvalue weighted by Crippen LogP contribution is 2.56. The molecule has 2 atom stereocenters. The average Bonchev–Trinajstić information content (AvgIpc) is 3.06. The SMILES string of the molecule is CCOC(=O)C1CC1(N=[N+]=[N-])c1cccc(Br)c1. The van der Waals surface area contributed by atoms with Crippen LogP contribution in [-0.4, -0.2) is 12.6 Å². The number of carbonyl (C=O) groups is 1. The summed E-state index contributed by atoms with van der Waals surface area (Å²) in [5.41, 5.74) is 8.76. The number of benzene rings is 1. The number of carbonyl (C=O) groups excluding carboxylic acids is 1. The Balaban J connectivity index is 2.32. The Bertz CT molecular complexity index is 528. The van der Waals surface area contributed by atoms with E-state index >= 15 is 0 Å². The Morgan fingerprint density at radius 1 is 1.72 bits per heavy atom. The Labute approximate surface area is 113 Å². The van der Waals surface area contributed by atoms with E-state index in [2.05, 4.69) is 26.0 Å². The lowest BCUT2D eigenvalue weighted by Gasteiger charge is -2.11. The number of esters is 1. The Morgan fingerprint density at radius 2 is 2.50 bits per heavy atom. The third-order valence-corrected chi connectivity index (χ3v) is 3.54. The van der Waals surface area contributed by atoms with Crippen molar-refractivity contribution in [1.29, 1.82) is 0 Å². The second-order valence-corrected chi connectivity index (χ2v) is 5.05. The number of ether oxygens (including phenoxy) is 1. The quantitative estimate of drug-likeness (QED) is 0.369. The van der Waals surface area contributed by atoms with Crippen LogP contribution in [0.25, 0.3) is 10.4 Å². The molecule has 0 heterocycles. The van der Waals surface area contributed by atoms with Gasteiger partial charge >= 0.3 is 5.97 Å². The van der Waals surface area contributed by atoms with E-state index < -0.39 is 5.54 Å². The Morgan fingerprint density at radius 3 is 3.11 bits per heavy atom. The number of hydrogen-bond acceptors (Lipinski definition) is 3. The Hall–Kier alpha value is -1.52. The molecule has 6 heteroatoms. The van der Waals surface area contributed by atoms with Gasteiger partial charge in [-0.1, -0.05) is 33.2 Å². The number of azide groups is 1. The van der Waals surface area contributed by atoms with E-state index in [9.17, 15) is 4.79 Å². The number of nitrogens with zero attached hydrogens (tertiary/aromatic N) is 3. The first-order chi connectivity index (χ1) is 8.64. The van der Waals surface area contributed by atoms with Gasteiger partial charge in [-0.3, -0.25) is 4.79 Å². The largest absolute Gasteiger partial charge is 0.466 e. The van der Waals surface area contributed by atoms with Crippen LogP contribution in [0.3, 0.4) is 0 Å². The summed E-state index contributed by atoms with van der Waals surface area (Å²) in [5.74, 6) is -0.674. The van der Waals surface area contributed by atoms with E-state index in [0.717, 1.165) is 10.0 Å². The predicted octanol–water partition coefficient (Wildman–Crippen LogP) is 3.54. The highest BCUT2D eigenvalue weighted by atomic mass is 79.9. The zero-order valence-electron chi connectivity index (χ0n) is 9.84. The monoisotopic (exact) mass is 309 g/mol. The van der Waals surface area contributed by atoms with Crippen LogP contribution in [0, 0.1) is 5.92 Å². The van der Waals surface area contributed by atoms with Crippen molar-refractivity contribution < 1.29 is 9.53 Å². The maximum absolute atomic E-state index is 11.7. The van der Waals surface area contributed by atoms with Crippen LogP contribution in [0.2, 0.25) is 0 Å². The van der Waals surface area contributed by atoms with Crippen molar-refractivity contribution in [3.8, 4) is 0 Å². The third-order valence-electron chi connectivity index (χ3n) is 3.05. The topological polar surface area (TPSA) is 75.1 Å².